The van der Waals surface area contributed by atoms with E-state index in [0.29, 0.717) is 16.0 Å². The quantitative estimate of drug-likeness (QED) is 0.636. The van der Waals surface area contributed by atoms with Gasteiger partial charge in [-0.05, 0) is 6.07 Å². The van der Waals surface area contributed by atoms with Crippen molar-refractivity contribution in [2.75, 3.05) is 12.4 Å². The highest BCUT2D eigenvalue weighted by molar-refractivity contribution is 9.09. The van der Waals surface area contributed by atoms with E-state index in [4.69, 9.17) is 21.1 Å². The van der Waals surface area contributed by atoms with Crippen molar-refractivity contribution in [2.45, 2.75) is 30.5 Å². The van der Waals surface area contributed by atoms with Crippen molar-refractivity contribution in [3.05, 3.63) is 29.0 Å². The number of alkyl halides is 1. The Bertz CT molecular complexity index is 432. The van der Waals surface area contributed by atoms with Crippen LogP contribution in [0.2, 0.25) is 5.15 Å². The number of pyridine rings is 1. The van der Waals surface area contributed by atoms with Crippen LogP contribution in [-0.2, 0) is 15.1 Å². The zero-order valence-electron chi connectivity index (χ0n) is 10.3. The Morgan fingerprint density at radius 1 is 1.63 bits per heavy atom. The summed E-state index contributed by atoms with van der Waals surface area (Å²) in [6, 6.07) is 3.22. The second-order valence-electron chi connectivity index (χ2n) is 4.46. The fourth-order valence-corrected chi connectivity index (χ4v) is 2.88. The van der Waals surface area contributed by atoms with Crippen LogP contribution in [0.5, 0.6) is 0 Å². The summed E-state index contributed by atoms with van der Waals surface area (Å²) in [6.07, 6.45) is -0.539. The van der Waals surface area contributed by atoms with Crippen molar-refractivity contribution in [1.29, 1.82) is 0 Å². The third-order valence-electron chi connectivity index (χ3n) is 3.23. The highest BCUT2D eigenvalue weighted by Gasteiger charge is 2.49. The molecule has 0 aromatic carbocycles. The summed E-state index contributed by atoms with van der Waals surface area (Å²) in [5.41, 5.74) is -0.958. The van der Waals surface area contributed by atoms with Crippen molar-refractivity contribution in [2.24, 2.45) is 0 Å². The minimum absolute atomic E-state index is 0.102. The van der Waals surface area contributed by atoms with Crippen LogP contribution in [0.4, 0.5) is 0 Å². The molecule has 2 rings (SSSR count). The average Bonchev–Trinajstić information content (AvgIpc) is 2.39. The van der Waals surface area contributed by atoms with E-state index in [2.05, 4.69) is 20.9 Å². The molecule has 1 aliphatic heterocycles. The Morgan fingerprint density at radius 2 is 2.37 bits per heavy atom. The number of methoxy groups -OCH3 is 1. The Kier molecular flexibility index (Phi) is 4.81. The Morgan fingerprint density at radius 3 is 2.89 bits per heavy atom. The molecule has 0 saturated carbocycles. The molecule has 1 fully saturated rings. The molecule has 2 heterocycles. The van der Waals surface area contributed by atoms with Crippen LogP contribution < -0.4 is 0 Å². The van der Waals surface area contributed by atoms with E-state index in [9.17, 15) is 10.2 Å². The SMILES string of the molecule is CO[C@H]1O[C@H](CBr)[C@@H](O)C[C@]1(O)c1ccc(Cl)nc1. The standard InChI is InChI=1S/C12H15BrClNO4/c1-18-11-12(17,4-8(16)9(5-13)19-11)7-2-3-10(14)15-6-7/h2-3,6,8-9,11,16-17H,4-5H2,1H3/t8-,9+,11-,12-/m0/s1. The van der Waals surface area contributed by atoms with E-state index in [1.54, 1.807) is 12.1 Å². The van der Waals surface area contributed by atoms with Gasteiger partial charge in [-0.15, -0.1) is 0 Å². The van der Waals surface area contributed by atoms with Crippen molar-refractivity contribution >= 4 is 27.5 Å². The van der Waals surface area contributed by atoms with Gasteiger partial charge in [0, 0.05) is 30.6 Å². The lowest BCUT2D eigenvalue weighted by Crippen LogP contribution is -2.55. The molecule has 7 heteroatoms. The van der Waals surface area contributed by atoms with Crippen molar-refractivity contribution in [1.82, 2.24) is 4.98 Å². The predicted octanol–water partition coefficient (Wildman–Crippen LogP) is 1.44. The van der Waals surface area contributed by atoms with Gasteiger partial charge in [0.05, 0.1) is 12.2 Å². The molecule has 0 radical (unpaired) electrons. The molecule has 0 aliphatic carbocycles. The summed E-state index contributed by atoms with van der Waals surface area (Å²) < 4.78 is 10.8. The van der Waals surface area contributed by atoms with Crippen molar-refractivity contribution in [3.8, 4) is 0 Å². The van der Waals surface area contributed by atoms with Crippen LogP contribution in [-0.4, -0.2) is 46.1 Å². The van der Waals surface area contributed by atoms with Crippen LogP contribution in [0, 0.1) is 0 Å². The van der Waals surface area contributed by atoms with Crippen LogP contribution in [0.25, 0.3) is 0 Å². The number of aliphatic hydroxyl groups excluding tert-OH is 1. The van der Waals surface area contributed by atoms with Crippen LogP contribution in [0.15, 0.2) is 18.3 Å². The number of aromatic nitrogens is 1. The number of rotatable bonds is 3. The summed E-state index contributed by atoms with van der Waals surface area (Å²) >= 11 is 8.99. The first kappa shape index (κ1) is 15.2. The molecule has 19 heavy (non-hydrogen) atoms. The molecule has 5 nitrogen and oxygen atoms in total. The average molecular weight is 353 g/mol. The van der Waals surface area contributed by atoms with Crippen LogP contribution in [0.1, 0.15) is 12.0 Å². The summed E-state index contributed by atoms with van der Waals surface area (Å²) in [6.45, 7) is 0. The van der Waals surface area contributed by atoms with Crippen LogP contribution >= 0.6 is 27.5 Å². The van der Waals surface area contributed by atoms with Gasteiger partial charge in [-0.2, -0.15) is 0 Å². The van der Waals surface area contributed by atoms with E-state index in [0.717, 1.165) is 0 Å². The molecule has 1 aromatic rings. The van der Waals surface area contributed by atoms with Gasteiger partial charge in [-0.1, -0.05) is 33.6 Å². The molecule has 106 valence electrons. The number of halogens is 2. The first-order chi connectivity index (χ1) is 9.01. The normalized spacial score (nSPS) is 35.3. The molecule has 4 atom stereocenters. The van der Waals surface area contributed by atoms with Gasteiger partial charge in [0.15, 0.2) is 6.29 Å². The summed E-state index contributed by atoms with van der Waals surface area (Å²) in [7, 11) is 1.45. The van der Waals surface area contributed by atoms with Gasteiger partial charge >= 0.3 is 0 Å². The van der Waals surface area contributed by atoms with E-state index in [-0.39, 0.29) is 6.42 Å². The molecule has 0 amide bonds. The third kappa shape index (κ3) is 2.94. The highest BCUT2D eigenvalue weighted by Crippen LogP contribution is 2.38. The number of hydrogen-bond acceptors (Lipinski definition) is 5. The van der Waals surface area contributed by atoms with Gasteiger partial charge in [-0.3, -0.25) is 0 Å². The lowest BCUT2D eigenvalue weighted by Gasteiger charge is -2.44. The topological polar surface area (TPSA) is 71.8 Å². The molecular weight excluding hydrogens is 337 g/mol. The summed E-state index contributed by atoms with van der Waals surface area (Å²) in [5.74, 6) is 0. The Labute approximate surface area is 124 Å². The Hall–Kier alpha value is -0.240. The highest BCUT2D eigenvalue weighted by atomic mass is 79.9. The van der Waals surface area contributed by atoms with E-state index >= 15 is 0 Å². The Balaban J connectivity index is 2.31. The summed E-state index contributed by atoms with van der Waals surface area (Å²) in [5, 5.41) is 21.6. The van der Waals surface area contributed by atoms with Crippen LogP contribution in [0.3, 0.4) is 0 Å². The van der Waals surface area contributed by atoms with Crippen molar-refractivity contribution < 1.29 is 19.7 Å². The van der Waals surface area contributed by atoms with E-state index in [1.807, 2.05) is 0 Å². The maximum absolute atomic E-state index is 10.8. The van der Waals surface area contributed by atoms with Gasteiger partial charge in [-0.25, -0.2) is 4.98 Å². The minimum atomic E-state index is -1.45. The zero-order valence-corrected chi connectivity index (χ0v) is 12.6. The molecule has 1 aliphatic rings. The monoisotopic (exact) mass is 351 g/mol. The van der Waals surface area contributed by atoms with Crippen molar-refractivity contribution in [3.63, 3.8) is 0 Å². The maximum Gasteiger partial charge on any atom is 0.190 e. The minimum Gasteiger partial charge on any atom is -0.390 e. The van der Waals surface area contributed by atoms with Gasteiger partial charge in [0.25, 0.3) is 0 Å². The molecular formula is C12H15BrClNO4. The number of ether oxygens (including phenoxy) is 2. The molecule has 0 bridgehead atoms. The largest absolute Gasteiger partial charge is 0.390 e. The second-order valence-corrected chi connectivity index (χ2v) is 5.50. The molecule has 1 aromatic heterocycles. The summed E-state index contributed by atoms with van der Waals surface area (Å²) in [4.78, 5) is 3.94. The smallest absolute Gasteiger partial charge is 0.190 e. The third-order valence-corrected chi connectivity index (χ3v) is 4.09. The zero-order chi connectivity index (χ0) is 14.0. The maximum atomic E-state index is 10.8. The number of nitrogens with zero attached hydrogens (tertiary/aromatic N) is 1. The molecule has 1 saturated heterocycles. The number of aliphatic hydroxyl groups is 2. The van der Waals surface area contributed by atoms with Gasteiger partial charge < -0.3 is 19.7 Å². The lowest BCUT2D eigenvalue weighted by molar-refractivity contribution is -0.297. The number of hydrogen-bond donors (Lipinski definition) is 2. The lowest BCUT2D eigenvalue weighted by atomic mass is 9.84. The predicted molar refractivity (Wildman–Crippen MR) is 73.2 cm³/mol. The first-order valence-corrected chi connectivity index (χ1v) is 7.28. The second kappa shape index (κ2) is 6.03. The fourth-order valence-electron chi connectivity index (χ4n) is 2.18. The molecule has 0 spiro atoms. The van der Waals surface area contributed by atoms with Gasteiger partial charge in [0.2, 0.25) is 0 Å². The molecule has 0 unspecified atom stereocenters. The van der Waals surface area contributed by atoms with Gasteiger partial charge in [0.1, 0.15) is 10.8 Å². The van der Waals surface area contributed by atoms with E-state index < -0.39 is 24.1 Å². The fraction of sp³-hybridized carbons (Fsp3) is 0.583. The first-order valence-electron chi connectivity index (χ1n) is 5.78. The van der Waals surface area contributed by atoms with E-state index in [1.165, 1.54) is 13.3 Å². The molecule has 2 N–H and O–H groups in total.